The highest BCUT2D eigenvalue weighted by Crippen LogP contribution is 2.33. The monoisotopic (exact) mass is 533 g/mol. The summed E-state index contributed by atoms with van der Waals surface area (Å²) >= 11 is 0. The van der Waals surface area contributed by atoms with Crippen molar-refractivity contribution in [1.29, 1.82) is 0 Å². The van der Waals surface area contributed by atoms with E-state index in [1.807, 2.05) is 11.8 Å². The van der Waals surface area contributed by atoms with Crippen LogP contribution in [0.5, 0.6) is 0 Å². The summed E-state index contributed by atoms with van der Waals surface area (Å²) in [5.74, 6) is -1.31. The number of alkyl halides is 1. The van der Waals surface area contributed by atoms with Crippen LogP contribution in [0.3, 0.4) is 0 Å². The number of nitroso groups, excluding NO2 is 1. The van der Waals surface area contributed by atoms with Gasteiger partial charge in [-0.15, -0.1) is 4.91 Å². The molecule has 13 heteroatoms. The standard InChI is InChI=1S/C25H40FN9O3/c1-16-12-28-14-19(30-24(36)20(22(27)31-38)23-29-13-18(26)15-33(23)3)21(16)34-6-4-17(5-7-34)25(37)35-10-8-32(2)9-11-35/h12,14,17-18,20,22-23,29H,4-11,13,15,27H2,1-3H3,(H,30,36). The van der Waals surface area contributed by atoms with Gasteiger partial charge in [-0.05, 0) is 39.4 Å². The predicted octanol–water partition coefficient (Wildman–Crippen LogP) is 0.186. The molecule has 0 spiro atoms. The molecule has 2 amide bonds. The van der Waals surface area contributed by atoms with Crippen molar-refractivity contribution < 1.29 is 14.0 Å². The third-order valence-corrected chi connectivity index (χ3v) is 7.98. The topological polar surface area (TPSA) is 140 Å². The van der Waals surface area contributed by atoms with Crippen LogP contribution in [0.15, 0.2) is 17.6 Å². The number of nitrogens with zero attached hydrogens (tertiary/aromatic N) is 6. The van der Waals surface area contributed by atoms with Crippen molar-refractivity contribution >= 4 is 23.2 Å². The van der Waals surface area contributed by atoms with Gasteiger partial charge in [0, 0.05) is 64.5 Å². The van der Waals surface area contributed by atoms with Crippen molar-refractivity contribution in [2.24, 2.45) is 22.7 Å². The van der Waals surface area contributed by atoms with Gasteiger partial charge in [0.15, 0.2) is 6.17 Å². The summed E-state index contributed by atoms with van der Waals surface area (Å²) in [4.78, 5) is 50.2. The number of carbonyl (C=O) groups is 2. The fraction of sp³-hybridized carbons (Fsp3) is 0.720. The summed E-state index contributed by atoms with van der Waals surface area (Å²) in [6, 6.07) is 0. The van der Waals surface area contributed by atoms with Gasteiger partial charge < -0.3 is 25.8 Å². The molecular formula is C25H40FN9O3. The Hall–Kier alpha value is -2.74. The second kappa shape index (κ2) is 12.4. The van der Waals surface area contributed by atoms with E-state index >= 15 is 0 Å². The minimum atomic E-state index is -1.32. The molecule has 4 unspecified atom stereocenters. The number of carbonyl (C=O) groups excluding carboxylic acids is 2. The van der Waals surface area contributed by atoms with Gasteiger partial charge in [0.25, 0.3) is 0 Å². The van der Waals surface area contributed by atoms with Crippen molar-refractivity contribution in [3.8, 4) is 0 Å². The summed E-state index contributed by atoms with van der Waals surface area (Å²) in [5, 5.41) is 8.82. The van der Waals surface area contributed by atoms with Crippen LogP contribution in [-0.2, 0) is 9.59 Å². The molecule has 3 aliphatic heterocycles. The van der Waals surface area contributed by atoms with Gasteiger partial charge in [0.2, 0.25) is 11.8 Å². The lowest BCUT2D eigenvalue weighted by Crippen LogP contribution is -2.62. The molecule has 4 rings (SSSR count). The molecule has 12 nitrogen and oxygen atoms in total. The number of likely N-dealkylation sites (N-methyl/N-ethyl adjacent to an activating group) is 1. The molecule has 1 aromatic rings. The molecule has 3 aliphatic rings. The van der Waals surface area contributed by atoms with E-state index in [1.165, 1.54) is 0 Å². The van der Waals surface area contributed by atoms with Gasteiger partial charge in [0.1, 0.15) is 12.1 Å². The number of nitrogens with one attached hydrogen (secondary N) is 2. The molecule has 0 saturated carbocycles. The normalized spacial score (nSPS) is 25.6. The minimum absolute atomic E-state index is 0.0110. The number of hydrogen-bond donors (Lipinski definition) is 3. The molecule has 3 fully saturated rings. The van der Waals surface area contributed by atoms with Crippen molar-refractivity contribution in [2.75, 3.05) is 76.7 Å². The Morgan fingerprint density at radius 1 is 1.16 bits per heavy atom. The van der Waals surface area contributed by atoms with E-state index in [4.69, 9.17) is 5.73 Å². The Morgan fingerprint density at radius 3 is 2.47 bits per heavy atom. The van der Waals surface area contributed by atoms with Gasteiger partial charge in [-0.3, -0.25) is 24.8 Å². The average molecular weight is 534 g/mol. The summed E-state index contributed by atoms with van der Waals surface area (Å²) in [5.41, 5.74) is 8.18. The van der Waals surface area contributed by atoms with Crippen LogP contribution >= 0.6 is 0 Å². The lowest BCUT2D eigenvalue weighted by atomic mass is 9.94. The molecule has 38 heavy (non-hydrogen) atoms. The second-order valence-electron chi connectivity index (χ2n) is 10.7. The quantitative estimate of drug-likeness (QED) is 0.419. The van der Waals surface area contributed by atoms with Crippen LogP contribution in [0.25, 0.3) is 0 Å². The average Bonchev–Trinajstić information content (AvgIpc) is 2.90. The van der Waals surface area contributed by atoms with Gasteiger partial charge in [0.05, 0.1) is 23.7 Å². The molecule has 3 saturated heterocycles. The first-order valence-corrected chi connectivity index (χ1v) is 13.3. The van der Waals surface area contributed by atoms with Crippen LogP contribution in [0.1, 0.15) is 18.4 Å². The molecule has 0 radical (unpaired) electrons. The van der Waals surface area contributed by atoms with Crippen molar-refractivity contribution in [2.45, 2.75) is 38.3 Å². The number of hydrogen-bond acceptors (Lipinski definition) is 10. The van der Waals surface area contributed by atoms with E-state index in [1.54, 1.807) is 24.3 Å². The maximum absolute atomic E-state index is 13.8. The minimum Gasteiger partial charge on any atom is -0.370 e. The zero-order valence-electron chi connectivity index (χ0n) is 22.5. The first-order valence-electron chi connectivity index (χ1n) is 13.3. The fourth-order valence-corrected chi connectivity index (χ4v) is 5.77. The lowest BCUT2D eigenvalue weighted by Gasteiger charge is -2.40. The number of piperidine rings is 1. The zero-order valence-corrected chi connectivity index (χ0v) is 22.5. The highest BCUT2D eigenvalue weighted by molar-refractivity contribution is 5.97. The molecule has 4 N–H and O–H groups in total. The molecule has 4 heterocycles. The van der Waals surface area contributed by atoms with E-state index in [0.717, 1.165) is 50.3 Å². The Balaban J connectivity index is 1.45. The Kier molecular flexibility index (Phi) is 9.23. The number of pyridine rings is 1. The molecule has 1 aromatic heterocycles. The summed E-state index contributed by atoms with van der Waals surface area (Å²) in [6.07, 6.45) is 1.72. The predicted molar refractivity (Wildman–Crippen MR) is 143 cm³/mol. The number of anilines is 2. The van der Waals surface area contributed by atoms with E-state index in [-0.39, 0.29) is 24.9 Å². The van der Waals surface area contributed by atoms with Gasteiger partial charge in [-0.25, -0.2) is 4.39 Å². The van der Waals surface area contributed by atoms with Crippen LogP contribution in [0, 0.1) is 23.7 Å². The first-order chi connectivity index (χ1) is 18.2. The number of rotatable bonds is 7. The summed E-state index contributed by atoms with van der Waals surface area (Å²) in [6.45, 7) is 6.77. The SMILES string of the molecule is Cc1cncc(NC(=O)C(C(N)N=O)C2NCC(F)CN2C)c1N1CCC(C(=O)N2CCN(C)CC2)CC1. The Labute approximate surface area is 223 Å². The molecule has 0 aromatic carbocycles. The Bertz CT molecular complexity index is 998. The smallest absolute Gasteiger partial charge is 0.234 e. The van der Waals surface area contributed by atoms with Crippen molar-refractivity contribution in [3.63, 3.8) is 0 Å². The number of piperazine rings is 1. The van der Waals surface area contributed by atoms with Gasteiger partial charge in [-0.1, -0.05) is 5.18 Å². The highest BCUT2D eigenvalue weighted by atomic mass is 19.1. The number of halogens is 1. The van der Waals surface area contributed by atoms with E-state index in [9.17, 15) is 18.9 Å². The van der Waals surface area contributed by atoms with Gasteiger partial charge in [-0.2, -0.15) is 0 Å². The van der Waals surface area contributed by atoms with Crippen molar-refractivity contribution in [3.05, 3.63) is 22.9 Å². The van der Waals surface area contributed by atoms with E-state index < -0.39 is 30.3 Å². The van der Waals surface area contributed by atoms with E-state index in [0.29, 0.717) is 18.8 Å². The highest BCUT2D eigenvalue weighted by Gasteiger charge is 2.40. The third kappa shape index (κ3) is 6.28. The molecule has 210 valence electrons. The van der Waals surface area contributed by atoms with Crippen LogP contribution < -0.4 is 21.3 Å². The number of amides is 2. The fourth-order valence-electron chi connectivity index (χ4n) is 5.77. The van der Waals surface area contributed by atoms with Crippen molar-refractivity contribution in [1.82, 2.24) is 25.0 Å². The lowest BCUT2D eigenvalue weighted by molar-refractivity contribution is -0.137. The Morgan fingerprint density at radius 2 is 1.84 bits per heavy atom. The number of nitrogens with two attached hydrogens (primary N) is 1. The van der Waals surface area contributed by atoms with Crippen LogP contribution in [0.2, 0.25) is 0 Å². The summed E-state index contributed by atoms with van der Waals surface area (Å²) in [7, 11) is 3.75. The second-order valence-corrected chi connectivity index (χ2v) is 10.7. The molecule has 0 aliphatic carbocycles. The molecule has 0 bridgehead atoms. The number of aromatic nitrogens is 1. The first kappa shape index (κ1) is 28.3. The number of aryl methyl sites for hydroxylation is 1. The van der Waals surface area contributed by atoms with Crippen LogP contribution in [-0.4, -0.2) is 116 Å². The largest absolute Gasteiger partial charge is 0.370 e. The van der Waals surface area contributed by atoms with E-state index in [2.05, 4.69) is 37.6 Å². The maximum atomic E-state index is 13.8. The molecular weight excluding hydrogens is 493 g/mol. The summed E-state index contributed by atoms with van der Waals surface area (Å²) < 4.78 is 13.8. The van der Waals surface area contributed by atoms with Crippen LogP contribution in [0.4, 0.5) is 15.8 Å². The zero-order chi connectivity index (χ0) is 27.4. The maximum Gasteiger partial charge on any atom is 0.234 e. The third-order valence-electron chi connectivity index (χ3n) is 7.98. The molecule has 4 atom stereocenters. The van der Waals surface area contributed by atoms with Gasteiger partial charge >= 0.3 is 0 Å².